The number of nitrogens with one attached hydrogen (secondary N) is 1. The minimum atomic E-state index is -0.373. The van der Waals surface area contributed by atoms with Gasteiger partial charge in [0.25, 0.3) is 5.91 Å². The molecule has 0 aliphatic heterocycles. The maximum Gasteiger partial charge on any atom is 0.252 e. The minimum Gasteiger partial charge on any atom is -0.436 e. The standard InChI is InChI=1S/C21H19FN2O2/c22-18-11-4-3-10-17(18)19-13-24-21(26-19)16-9-2-1-8-15(16)20(25)23-12-14-6-5-7-14/h1-4,8-11,13-14H,5-7,12H2,(H,23,25). The molecular weight excluding hydrogens is 331 g/mol. The fraction of sp³-hybridized carbons (Fsp3) is 0.238. The quantitative estimate of drug-likeness (QED) is 0.727. The Labute approximate surface area is 151 Å². The van der Waals surface area contributed by atoms with Gasteiger partial charge in [-0.3, -0.25) is 4.79 Å². The summed E-state index contributed by atoms with van der Waals surface area (Å²) in [7, 11) is 0. The molecule has 1 heterocycles. The monoisotopic (exact) mass is 350 g/mol. The molecule has 132 valence electrons. The first-order chi connectivity index (χ1) is 12.7. The highest BCUT2D eigenvalue weighted by atomic mass is 19.1. The summed E-state index contributed by atoms with van der Waals surface area (Å²) in [6.07, 6.45) is 5.07. The van der Waals surface area contributed by atoms with E-state index >= 15 is 0 Å². The van der Waals surface area contributed by atoms with Gasteiger partial charge in [-0.25, -0.2) is 9.37 Å². The lowest BCUT2D eigenvalue weighted by Crippen LogP contribution is -2.32. The number of halogens is 1. The summed E-state index contributed by atoms with van der Waals surface area (Å²) in [6.45, 7) is 0.694. The Balaban J connectivity index is 1.60. The molecule has 0 saturated heterocycles. The van der Waals surface area contributed by atoms with Crippen LogP contribution in [0.1, 0.15) is 29.6 Å². The first kappa shape index (κ1) is 16.5. The van der Waals surface area contributed by atoms with E-state index in [0.717, 1.165) is 0 Å². The third-order valence-corrected chi connectivity index (χ3v) is 4.82. The Bertz CT molecular complexity index is 931. The Hall–Kier alpha value is -2.95. The Kier molecular flexibility index (Phi) is 4.52. The van der Waals surface area contributed by atoms with Gasteiger partial charge in [0.1, 0.15) is 5.82 Å². The van der Waals surface area contributed by atoms with E-state index in [1.165, 1.54) is 31.5 Å². The van der Waals surface area contributed by atoms with Crippen molar-refractivity contribution in [3.05, 3.63) is 66.1 Å². The van der Waals surface area contributed by atoms with Gasteiger partial charge < -0.3 is 9.73 Å². The Morgan fingerprint density at radius 2 is 1.85 bits per heavy atom. The molecule has 1 aliphatic rings. The number of hydrogen-bond acceptors (Lipinski definition) is 3. The number of carbonyl (C=O) groups excluding carboxylic acids is 1. The molecular formula is C21H19FN2O2. The number of carbonyl (C=O) groups is 1. The first-order valence-electron chi connectivity index (χ1n) is 8.80. The van der Waals surface area contributed by atoms with Crippen LogP contribution < -0.4 is 5.32 Å². The van der Waals surface area contributed by atoms with Gasteiger partial charge in [0.2, 0.25) is 5.89 Å². The van der Waals surface area contributed by atoms with Crippen molar-refractivity contribution < 1.29 is 13.6 Å². The molecule has 5 heteroatoms. The van der Waals surface area contributed by atoms with E-state index in [9.17, 15) is 9.18 Å². The highest BCUT2D eigenvalue weighted by Gasteiger charge is 2.21. The fourth-order valence-electron chi connectivity index (χ4n) is 3.08. The van der Waals surface area contributed by atoms with Crippen LogP contribution in [0.15, 0.2) is 59.1 Å². The molecule has 0 bridgehead atoms. The highest BCUT2D eigenvalue weighted by molar-refractivity contribution is 6.00. The van der Waals surface area contributed by atoms with E-state index in [1.807, 2.05) is 12.1 Å². The van der Waals surface area contributed by atoms with Gasteiger partial charge in [-0.15, -0.1) is 0 Å². The third kappa shape index (κ3) is 3.25. The van der Waals surface area contributed by atoms with Gasteiger partial charge in [0, 0.05) is 12.1 Å². The van der Waals surface area contributed by atoms with Gasteiger partial charge in [-0.1, -0.05) is 30.7 Å². The molecule has 1 amide bonds. The Morgan fingerprint density at radius 3 is 2.58 bits per heavy atom. The lowest BCUT2D eigenvalue weighted by atomic mass is 9.85. The van der Waals surface area contributed by atoms with Crippen molar-refractivity contribution in [3.63, 3.8) is 0 Å². The molecule has 0 atom stereocenters. The molecule has 1 aliphatic carbocycles. The summed E-state index contributed by atoms with van der Waals surface area (Å²) in [5, 5.41) is 2.99. The van der Waals surface area contributed by atoms with Gasteiger partial charge in [0.15, 0.2) is 5.76 Å². The van der Waals surface area contributed by atoms with Crippen molar-refractivity contribution in [2.45, 2.75) is 19.3 Å². The number of benzene rings is 2. The van der Waals surface area contributed by atoms with Crippen molar-refractivity contribution in [2.75, 3.05) is 6.54 Å². The van der Waals surface area contributed by atoms with E-state index in [2.05, 4.69) is 10.3 Å². The topological polar surface area (TPSA) is 55.1 Å². The van der Waals surface area contributed by atoms with Crippen LogP contribution in [-0.2, 0) is 0 Å². The van der Waals surface area contributed by atoms with Gasteiger partial charge in [-0.2, -0.15) is 0 Å². The zero-order valence-electron chi connectivity index (χ0n) is 14.2. The SMILES string of the molecule is O=C(NCC1CCC1)c1ccccc1-c1ncc(-c2ccccc2F)o1. The lowest BCUT2D eigenvalue weighted by Gasteiger charge is -2.25. The average Bonchev–Trinajstić information content (AvgIpc) is 3.10. The normalized spacial score (nSPS) is 14.0. The van der Waals surface area contributed by atoms with Gasteiger partial charge in [0.05, 0.1) is 17.3 Å². The predicted molar refractivity (Wildman–Crippen MR) is 97.0 cm³/mol. The van der Waals surface area contributed by atoms with Crippen LogP contribution in [0.5, 0.6) is 0 Å². The maximum atomic E-state index is 14.0. The second-order valence-electron chi connectivity index (χ2n) is 6.56. The summed E-state index contributed by atoms with van der Waals surface area (Å²) in [6, 6.07) is 13.5. The number of rotatable bonds is 5. The van der Waals surface area contributed by atoms with Crippen LogP contribution in [0.25, 0.3) is 22.8 Å². The van der Waals surface area contributed by atoms with Gasteiger partial charge in [-0.05, 0) is 43.0 Å². The van der Waals surface area contributed by atoms with Crippen molar-refractivity contribution in [3.8, 4) is 22.8 Å². The van der Waals surface area contributed by atoms with Crippen molar-refractivity contribution in [2.24, 2.45) is 5.92 Å². The molecule has 0 spiro atoms. The van der Waals surface area contributed by atoms with Crippen LogP contribution in [0.3, 0.4) is 0 Å². The van der Waals surface area contributed by atoms with Crippen LogP contribution in [0.4, 0.5) is 4.39 Å². The van der Waals surface area contributed by atoms with Crippen molar-refractivity contribution in [1.29, 1.82) is 0 Å². The summed E-state index contributed by atoms with van der Waals surface area (Å²) in [4.78, 5) is 16.8. The second kappa shape index (κ2) is 7.12. The van der Waals surface area contributed by atoms with Crippen LogP contribution >= 0.6 is 0 Å². The molecule has 26 heavy (non-hydrogen) atoms. The van der Waals surface area contributed by atoms with E-state index in [1.54, 1.807) is 30.3 Å². The highest BCUT2D eigenvalue weighted by Crippen LogP contribution is 2.30. The summed E-state index contributed by atoms with van der Waals surface area (Å²) < 4.78 is 19.7. The molecule has 3 aromatic rings. The molecule has 0 unspecified atom stereocenters. The minimum absolute atomic E-state index is 0.141. The predicted octanol–water partition coefficient (Wildman–Crippen LogP) is 4.68. The molecule has 1 aromatic heterocycles. The van der Waals surface area contributed by atoms with E-state index in [-0.39, 0.29) is 11.7 Å². The van der Waals surface area contributed by atoms with Gasteiger partial charge >= 0.3 is 0 Å². The first-order valence-corrected chi connectivity index (χ1v) is 8.80. The summed E-state index contributed by atoms with van der Waals surface area (Å²) in [5.41, 5.74) is 1.45. The number of oxazole rings is 1. The fourth-order valence-corrected chi connectivity index (χ4v) is 3.08. The van der Waals surface area contributed by atoms with Crippen molar-refractivity contribution >= 4 is 5.91 Å². The van der Waals surface area contributed by atoms with Crippen LogP contribution in [-0.4, -0.2) is 17.4 Å². The smallest absolute Gasteiger partial charge is 0.252 e. The summed E-state index contributed by atoms with van der Waals surface area (Å²) in [5.74, 6) is 0.709. The Morgan fingerprint density at radius 1 is 1.12 bits per heavy atom. The largest absolute Gasteiger partial charge is 0.436 e. The third-order valence-electron chi connectivity index (χ3n) is 4.82. The van der Waals surface area contributed by atoms with E-state index in [0.29, 0.717) is 40.8 Å². The molecule has 1 fully saturated rings. The molecule has 4 nitrogen and oxygen atoms in total. The van der Waals surface area contributed by atoms with E-state index < -0.39 is 0 Å². The molecule has 2 aromatic carbocycles. The summed E-state index contributed by atoms with van der Waals surface area (Å²) >= 11 is 0. The molecule has 1 N–H and O–H groups in total. The molecule has 4 rings (SSSR count). The zero-order valence-corrected chi connectivity index (χ0v) is 14.2. The number of nitrogens with zero attached hydrogens (tertiary/aromatic N) is 1. The van der Waals surface area contributed by atoms with Crippen molar-refractivity contribution in [1.82, 2.24) is 10.3 Å². The van der Waals surface area contributed by atoms with Crippen LogP contribution in [0.2, 0.25) is 0 Å². The number of hydrogen-bond donors (Lipinski definition) is 1. The number of aromatic nitrogens is 1. The molecule has 0 radical (unpaired) electrons. The van der Waals surface area contributed by atoms with Crippen LogP contribution in [0, 0.1) is 11.7 Å². The van der Waals surface area contributed by atoms with E-state index in [4.69, 9.17) is 4.42 Å². The number of amides is 1. The average molecular weight is 350 g/mol. The lowest BCUT2D eigenvalue weighted by molar-refractivity contribution is 0.0939. The molecule has 1 saturated carbocycles. The zero-order chi connectivity index (χ0) is 17.9. The second-order valence-corrected chi connectivity index (χ2v) is 6.56. The maximum absolute atomic E-state index is 14.0.